The molecule has 3 rings (SSSR count). The third-order valence-corrected chi connectivity index (χ3v) is 4.02. The van der Waals surface area contributed by atoms with Gasteiger partial charge in [-0.05, 0) is 67.1 Å². The van der Waals surface area contributed by atoms with Gasteiger partial charge in [-0.1, -0.05) is 0 Å². The van der Waals surface area contributed by atoms with Crippen LogP contribution in [0.2, 0.25) is 0 Å². The molecule has 0 fully saturated rings. The smallest absolute Gasteiger partial charge is 0.262 e. The van der Waals surface area contributed by atoms with Crippen LogP contribution < -0.4 is 14.8 Å². The Bertz CT molecular complexity index is 915. The molecule has 3 aromatic rings. The van der Waals surface area contributed by atoms with E-state index in [4.69, 9.17) is 19.0 Å². The Morgan fingerprint density at radius 2 is 1.81 bits per heavy atom. The number of anilines is 1. The number of hydrogen-bond donors (Lipinski definition) is 2. The lowest BCUT2D eigenvalue weighted by atomic mass is 10.1. The standard InChI is InChI=1S/C21H21NO5/c1-14-11-15(3-9-19(14)20-10-8-18(12-23)27-20)22-21(24)13-26-17-6-4-16(25-2)5-7-17/h3-11,23H,12-13H2,1-2H3,(H,22,24). The van der Waals surface area contributed by atoms with E-state index in [9.17, 15) is 4.79 Å². The van der Waals surface area contributed by atoms with Gasteiger partial charge in [0, 0.05) is 11.3 Å². The molecular formula is C21H21NO5. The summed E-state index contributed by atoms with van der Waals surface area (Å²) in [5.41, 5.74) is 2.53. The molecule has 0 bridgehead atoms. The van der Waals surface area contributed by atoms with Crippen LogP contribution in [-0.2, 0) is 11.4 Å². The third kappa shape index (κ3) is 4.68. The highest BCUT2D eigenvalue weighted by Gasteiger charge is 2.10. The number of ether oxygens (including phenoxy) is 2. The van der Waals surface area contributed by atoms with Gasteiger partial charge in [-0.3, -0.25) is 4.79 Å². The van der Waals surface area contributed by atoms with Gasteiger partial charge in [0.25, 0.3) is 5.91 Å². The summed E-state index contributed by atoms with van der Waals surface area (Å²) in [5.74, 6) is 2.26. The lowest BCUT2D eigenvalue weighted by molar-refractivity contribution is -0.118. The maximum Gasteiger partial charge on any atom is 0.262 e. The Balaban J connectivity index is 1.59. The van der Waals surface area contributed by atoms with Crippen molar-refractivity contribution >= 4 is 11.6 Å². The molecule has 140 valence electrons. The average molecular weight is 367 g/mol. The van der Waals surface area contributed by atoms with Gasteiger partial charge in [0.1, 0.15) is 29.6 Å². The first kappa shape index (κ1) is 18.5. The summed E-state index contributed by atoms with van der Waals surface area (Å²) in [6.07, 6.45) is 0. The molecule has 0 unspecified atom stereocenters. The van der Waals surface area contributed by atoms with Crippen LogP contribution in [0, 0.1) is 6.92 Å². The Kier molecular flexibility index (Phi) is 5.78. The van der Waals surface area contributed by atoms with Crippen LogP contribution in [0.3, 0.4) is 0 Å². The molecule has 27 heavy (non-hydrogen) atoms. The largest absolute Gasteiger partial charge is 0.497 e. The summed E-state index contributed by atoms with van der Waals surface area (Å²) >= 11 is 0. The van der Waals surface area contributed by atoms with Crippen molar-refractivity contribution in [3.8, 4) is 22.8 Å². The average Bonchev–Trinajstić information content (AvgIpc) is 3.16. The monoisotopic (exact) mass is 367 g/mol. The lowest BCUT2D eigenvalue weighted by Gasteiger charge is -2.10. The highest BCUT2D eigenvalue weighted by Crippen LogP contribution is 2.27. The summed E-state index contributed by atoms with van der Waals surface area (Å²) in [6, 6.07) is 16.1. The summed E-state index contributed by atoms with van der Waals surface area (Å²) in [5, 5.41) is 11.9. The first-order valence-corrected chi connectivity index (χ1v) is 8.46. The Morgan fingerprint density at radius 1 is 1.07 bits per heavy atom. The van der Waals surface area contributed by atoms with Crippen LogP contribution in [0.15, 0.2) is 59.0 Å². The number of aryl methyl sites for hydroxylation is 1. The highest BCUT2D eigenvalue weighted by atomic mass is 16.5. The van der Waals surface area contributed by atoms with Crippen molar-refractivity contribution in [2.45, 2.75) is 13.5 Å². The molecule has 1 amide bonds. The van der Waals surface area contributed by atoms with Gasteiger partial charge >= 0.3 is 0 Å². The predicted molar refractivity (Wildman–Crippen MR) is 102 cm³/mol. The first-order valence-electron chi connectivity index (χ1n) is 8.46. The zero-order valence-electron chi connectivity index (χ0n) is 15.2. The number of amides is 1. The number of aliphatic hydroxyl groups excluding tert-OH is 1. The Hall–Kier alpha value is -3.25. The summed E-state index contributed by atoms with van der Waals surface area (Å²) in [4.78, 5) is 12.1. The molecule has 0 atom stereocenters. The molecule has 0 aliphatic rings. The van der Waals surface area contributed by atoms with Crippen LogP contribution in [-0.4, -0.2) is 24.7 Å². The molecule has 0 radical (unpaired) electrons. The van der Waals surface area contributed by atoms with Crippen molar-refractivity contribution < 1.29 is 23.8 Å². The fourth-order valence-corrected chi connectivity index (χ4v) is 2.64. The topological polar surface area (TPSA) is 80.9 Å². The maximum atomic E-state index is 12.1. The van der Waals surface area contributed by atoms with Crippen LogP contribution >= 0.6 is 0 Å². The van der Waals surface area contributed by atoms with E-state index < -0.39 is 0 Å². The van der Waals surface area contributed by atoms with E-state index in [-0.39, 0.29) is 19.1 Å². The first-order chi connectivity index (χ1) is 13.1. The number of hydrogen-bond acceptors (Lipinski definition) is 5. The summed E-state index contributed by atoms with van der Waals surface area (Å²) in [6.45, 7) is 1.70. The Morgan fingerprint density at radius 3 is 2.44 bits per heavy atom. The van der Waals surface area contributed by atoms with Crippen LogP contribution in [0.25, 0.3) is 11.3 Å². The quantitative estimate of drug-likeness (QED) is 0.664. The van der Waals surface area contributed by atoms with Gasteiger partial charge in [-0.2, -0.15) is 0 Å². The van der Waals surface area contributed by atoms with Crippen LogP contribution in [0.1, 0.15) is 11.3 Å². The second-order valence-electron chi connectivity index (χ2n) is 5.97. The number of methoxy groups -OCH3 is 1. The molecule has 0 saturated carbocycles. The van der Waals surface area contributed by atoms with Crippen molar-refractivity contribution in [2.75, 3.05) is 19.0 Å². The van der Waals surface area contributed by atoms with Gasteiger partial charge < -0.3 is 24.3 Å². The minimum Gasteiger partial charge on any atom is -0.497 e. The zero-order valence-corrected chi connectivity index (χ0v) is 15.2. The number of rotatable bonds is 7. The van der Waals surface area contributed by atoms with Crippen molar-refractivity contribution in [1.29, 1.82) is 0 Å². The molecule has 0 spiro atoms. The van der Waals surface area contributed by atoms with Crippen molar-refractivity contribution in [2.24, 2.45) is 0 Å². The minimum absolute atomic E-state index is 0.0921. The van der Waals surface area contributed by atoms with Gasteiger partial charge in [0.05, 0.1) is 7.11 Å². The third-order valence-electron chi connectivity index (χ3n) is 4.02. The molecule has 1 aromatic heterocycles. The molecule has 1 heterocycles. The summed E-state index contributed by atoms with van der Waals surface area (Å²) in [7, 11) is 1.59. The predicted octanol–water partition coefficient (Wildman–Crippen LogP) is 3.77. The molecule has 6 nitrogen and oxygen atoms in total. The Labute approximate surface area is 157 Å². The SMILES string of the molecule is COc1ccc(OCC(=O)Nc2ccc(-c3ccc(CO)o3)c(C)c2)cc1. The van der Waals surface area contributed by atoms with Gasteiger partial charge in [-0.25, -0.2) is 0 Å². The number of nitrogens with one attached hydrogen (secondary N) is 1. The highest BCUT2D eigenvalue weighted by molar-refractivity contribution is 5.92. The van der Waals surface area contributed by atoms with E-state index in [1.165, 1.54) is 0 Å². The van der Waals surface area contributed by atoms with Gasteiger partial charge in [-0.15, -0.1) is 0 Å². The molecular weight excluding hydrogens is 346 g/mol. The fourth-order valence-electron chi connectivity index (χ4n) is 2.64. The van der Waals surface area contributed by atoms with Crippen LogP contribution in [0.4, 0.5) is 5.69 Å². The molecule has 2 N–H and O–H groups in total. The van der Waals surface area contributed by atoms with Crippen molar-refractivity contribution in [3.05, 3.63) is 65.9 Å². The van der Waals surface area contributed by atoms with E-state index in [0.717, 1.165) is 16.9 Å². The minimum atomic E-state index is -0.251. The molecule has 2 aromatic carbocycles. The number of carbonyl (C=O) groups excluding carboxylic acids is 1. The molecule has 6 heteroatoms. The maximum absolute atomic E-state index is 12.1. The normalized spacial score (nSPS) is 10.5. The van der Waals surface area contributed by atoms with E-state index in [1.54, 1.807) is 43.5 Å². The molecule has 0 aliphatic carbocycles. The van der Waals surface area contributed by atoms with Crippen molar-refractivity contribution in [1.82, 2.24) is 0 Å². The second-order valence-corrected chi connectivity index (χ2v) is 5.97. The molecule has 0 aliphatic heterocycles. The number of aliphatic hydroxyl groups is 1. The van der Waals surface area contributed by atoms with Crippen LogP contribution in [0.5, 0.6) is 11.5 Å². The van der Waals surface area contributed by atoms with E-state index in [2.05, 4.69) is 5.32 Å². The number of carbonyl (C=O) groups is 1. The number of furan rings is 1. The van der Waals surface area contributed by atoms with E-state index in [1.807, 2.05) is 25.1 Å². The van der Waals surface area contributed by atoms with E-state index in [0.29, 0.717) is 23.0 Å². The van der Waals surface area contributed by atoms with Crippen molar-refractivity contribution in [3.63, 3.8) is 0 Å². The van der Waals surface area contributed by atoms with E-state index >= 15 is 0 Å². The zero-order chi connectivity index (χ0) is 19.2. The summed E-state index contributed by atoms with van der Waals surface area (Å²) < 4.78 is 16.1. The fraction of sp³-hybridized carbons (Fsp3) is 0.190. The van der Waals surface area contributed by atoms with Gasteiger partial charge in [0.15, 0.2) is 6.61 Å². The second kappa shape index (κ2) is 8.42. The molecule has 0 saturated heterocycles. The van der Waals surface area contributed by atoms with Gasteiger partial charge in [0.2, 0.25) is 0 Å². The number of benzene rings is 2. The lowest BCUT2D eigenvalue weighted by Crippen LogP contribution is -2.20.